The van der Waals surface area contributed by atoms with Gasteiger partial charge in [0.25, 0.3) is 0 Å². The van der Waals surface area contributed by atoms with Gasteiger partial charge in [-0.25, -0.2) is 0 Å². The summed E-state index contributed by atoms with van der Waals surface area (Å²) in [6.07, 6.45) is 0. The Kier molecular flexibility index (Phi) is 5.86. The van der Waals surface area contributed by atoms with Crippen molar-refractivity contribution < 1.29 is 14.7 Å². The van der Waals surface area contributed by atoms with Gasteiger partial charge in [-0.15, -0.1) is 11.8 Å². The van der Waals surface area contributed by atoms with Crippen LogP contribution < -0.4 is 0 Å². The highest BCUT2D eigenvalue weighted by atomic mass is 32.2. The number of carbonyl (C=O) groups excluding carboxylic acids is 1. The molecule has 4 nitrogen and oxygen atoms in total. The monoisotopic (exact) mass is 247 g/mol. The number of aliphatic carboxylic acids is 1. The Balaban J connectivity index is 4.14. The van der Waals surface area contributed by atoms with Gasteiger partial charge in [-0.3, -0.25) is 9.59 Å². The molecule has 0 heterocycles. The number of carboxylic acid groups (broad SMARTS) is 1. The molecule has 5 heteroatoms. The van der Waals surface area contributed by atoms with Gasteiger partial charge in [0.05, 0.1) is 11.5 Å². The number of hydrogen-bond acceptors (Lipinski definition) is 3. The van der Waals surface area contributed by atoms with E-state index in [1.54, 1.807) is 11.9 Å². The lowest BCUT2D eigenvalue weighted by Crippen LogP contribution is -2.43. The van der Waals surface area contributed by atoms with Crippen LogP contribution in [-0.2, 0) is 9.59 Å². The predicted molar refractivity (Wildman–Crippen MR) is 66.6 cm³/mol. The smallest absolute Gasteiger partial charge is 0.313 e. The SMILES string of the molecule is CC(N(C)C(=O)CSCC(=O)O)C(C)(C)C. The normalized spacial score (nSPS) is 13.3. The van der Waals surface area contributed by atoms with Crippen molar-refractivity contribution in [1.82, 2.24) is 4.90 Å². The van der Waals surface area contributed by atoms with Crippen LogP contribution in [0.1, 0.15) is 27.7 Å². The second-order valence-corrected chi connectivity index (χ2v) is 5.92. The van der Waals surface area contributed by atoms with E-state index in [4.69, 9.17) is 5.11 Å². The average molecular weight is 247 g/mol. The van der Waals surface area contributed by atoms with Gasteiger partial charge in [-0.1, -0.05) is 20.8 Å². The lowest BCUT2D eigenvalue weighted by Gasteiger charge is -2.35. The maximum atomic E-state index is 11.7. The molecule has 1 N–H and O–H groups in total. The van der Waals surface area contributed by atoms with Gasteiger partial charge in [0.15, 0.2) is 0 Å². The topological polar surface area (TPSA) is 57.6 Å². The summed E-state index contributed by atoms with van der Waals surface area (Å²) in [5.74, 6) is -0.704. The zero-order valence-corrected chi connectivity index (χ0v) is 11.4. The van der Waals surface area contributed by atoms with Crippen molar-refractivity contribution >= 4 is 23.6 Å². The Morgan fingerprint density at radius 2 is 1.81 bits per heavy atom. The number of amides is 1. The van der Waals surface area contributed by atoms with Gasteiger partial charge in [0.2, 0.25) is 5.91 Å². The third kappa shape index (κ3) is 5.39. The van der Waals surface area contributed by atoms with E-state index in [2.05, 4.69) is 20.8 Å². The van der Waals surface area contributed by atoms with Crippen LogP contribution in [-0.4, -0.2) is 46.5 Å². The average Bonchev–Trinajstić information content (AvgIpc) is 2.13. The van der Waals surface area contributed by atoms with E-state index in [0.29, 0.717) is 0 Å². The van der Waals surface area contributed by atoms with E-state index in [-0.39, 0.29) is 28.9 Å². The lowest BCUT2D eigenvalue weighted by atomic mass is 9.87. The minimum atomic E-state index is -0.885. The van der Waals surface area contributed by atoms with Gasteiger partial charge in [0, 0.05) is 13.1 Å². The van der Waals surface area contributed by atoms with Crippen LogP contribution in [0, 0.1) is 5.41 Å². The molecule has 0 aliphatic heterocycles. The first kappa shape index (κ1) is 15.3. The first-order chi connectivity index (χ1) is 7.16. The molecule has 0 saturated heterocycles. The van der Waals surface area contributed by atoms with E-state index in [9.17, 15) is 9.59 Å². The molecule has 1 atom stereocenters. The molecule has 0 saturated carbocycles. The molecule has 0 fully saturated rings. The van der Waals surface area contributed by atoms with Crippen molar-refractivity contribution in [2.45, 2.75) is 33.7 Å². The fraction of sp³-hybridized carbons (Fsp3) is 0.818. The lowest BCUT2D eigenvalue weighted by molar-refractivity contribution is -0.133. The Hall–Kier alpha value is -0.710. The molecule has 0 aromatic rings. The zero-order chi connectivity index (χ0) is 12.9. The third-order valence-electron chi connectivity index (χ3n) is 2.68. The van der Waals surface area contributed by atoms with Crippen molar-refractivity contribution in [3.05, 3.63) is 0 Å². The van der Waals surface area contributed by atoms with Gasteiger partial charge < -0.3 is 10.0 Å². The van der Waals surface area contributed by atoms with Crippen LogP contribution in [0.2, 0.25) is 0 Å². The Morgan fingerprint density at radius 1 is 1.31 bits per heavy atom. The van der Waals surface area contributed by atoms with Crippen LogP contribution in [0.3, 0.4) is 0 Å². The highest BCUT2D eigenvalue weighted by Gasteiger charge is 2.26. The molecule has 0 aliphatic rings. The number of carbonyl (C=O) groups is 2. The number of hydrogen-bond donors (Lipinski definition) is 1. The van der Waals surface area contributed by atoms with Gasteiger partial charge in [-0.05, 0) is 12.3 Å². The van der Waals surface area contributed by atoms with E-state index in [0.717, 1.165) is 11.8 Å². The molecule has 94 valence electrons. The molecule has 0 aliphatic carbocycles. The van der Waals surface area contributed by atoms with Crippen LogP contribution in [0.15, 0.2) is 0 Å². The maximum absolute atomic E-state index is 11.7. The summed E-state index contributed by atoms with van der Waals surface area (Å²) in [7, 11) is 1.76. The molecule has 0 rings (SSSR count). The van der Waals surface area contributed by atoms with E-state index < -0.39 is 5.97 Å². The maximum Gasteiger partial charge on any atom is 0.313 e. The number of carboxylic acids is 1. The number of rotatable bonds is 5. The van der Waals surface area contributed by atoms with Crippen LogP contribution in [0.4, 0.5) is 0 Å². The number of thioether (sulfide) groups is 1. The van der Waals surface area contributed by atoms with E-state index in [1.807, 2.05) is 6.92 Å². The van der Waals surface area contributed by atoms with Crippen molar-refractivity contribution in [2.24, 2.45) is 5.41 Å². The second-order valence-electron chi connectivity index (χ2n) is 4.93. The minimum absolute atomic E-state index is 0.0197. The Morgan fingerprint density at radius 3 is 2.19 bits per heavy atom. The van der Waals surface area contributed by atoms with Gasteiger partial charge >= 0.3 is 5.97 Å². The van der Waals surface area contributed by atoms with Crippen LogP contribution >= 0.6 is 11.8 Å². The fourth-order valence-electron chi connectivity index (χ4n) is 1.12. The van der Waals surface area contributed by atoms with Gasteiger partial charge in [0.1, 0.15) is 0 Å². The highest BCUT2D eigenvalue weighted by Crippen LogP contribution is 2.23. The first-order valence-corrected chi connectivity index (χ1v) is 6.37. The van der Waals surface area contributed by atoms with Crippen molar-refractivity contribution in [2.75, 3.05) is 18.6 Å². The van der Waals surface area contributed by atoms with E-state index >= 15 is 0 Å². The van der Waals surface area contributed by atoms with Crippen LogP contribution in [0.25, 0.3) is 0 Å². The summed E-state index contributed by atoms with van der Waals surface area (Å²) in [4.78, 5) is 23.7. The third-order valence-corrected chi connectivity index (χ3v) is 3.58. The molecular formula is C11H21NO3S. The van der Waals surface area contributed by atoms with Crippen molar-refractivity contribution in [3.8, 4) is 0 Å². The summed E-state index contributed by atoms with van der Waals surface area (Å²) in [6, 6.07) is 0.130. The number of nitrogens with zero attached hydrogens (tertiary/aromatic N) is 1. The molecular weight excluding hydrogens is 226 g/mol. The molecule has 0 bridgehead atoms. The highest BCUT2D eigenvalue weighted by molar-refractivity contribution is 8.00. The molecule has 16 heavy (non-hydrogen) atoms. The summed E-state index contributed by atoms with van der Waals surface area (Å²) in [5, 5.41) is 8.46. The largest absolute Gasteiger partial charge is 0.481 e. The van der Waals surface area contributed by atoms with Crippen LogP contribution in [0.5, 0.6) is 0 Å². The minimum Gasteiger partial charge on any atom is -0.481 e. The quantitative estimate of drug-likeness (QED) is 0.803. The molecule has 0 radical (unpaired) electrons. The molecule has 0 aromatic carbocycles. The molecule has 0 spiro atoms. The molecule has 1 unspecified atom stereocenters. The first-order valence-electron chi connectivity index (χ1n) is 5.21. The zero-order valence-electron chi connectivity index (χ0n) is 10.6. The Bertz CT molecular complexity index is 260. The van der Waals surface area contributed by atoms with E-state index in [1.165, 1.54) is 0 Å². The Labute approximate surface area is 101 Å². The summed E-state index contributed by atoms with van der Waals surface area (Å²) >= 11 is 1.14. The van der Waals surface area contributed by atoms with Gasteiger partial charge in [-0.2, -0.15) is 0 Å². The van der Waals surface area contributed by atoms with Crippen molar-refractivity contribution in [1.29, 1.82) is 0 Å². The molecule has 1 amide bonds. The van der Waals surface area contributed by atoms with Crippen molar-refractivity contribution in [3.63, 3.8) is 0 Å². The fourth-order valence-corrected chi connectivity index (χ4v) is 1.78. The standard InChI is InChI=1S/C11H21NO3S/c1-8(11(2,3)4)12(5)9(13)6-16-7-10(14)15/h8H,6-7H2,1-5H3,(H,14,15). The predicted octanol–water partition coefficient (Wildman–Crippen LogP) is 1.70. The molecule has 0 aromatic heterocycles. The summed E-state index contributed by atoms with van der Waals surface area (Å²) in [5.41, 5.74) is 0.0296. The summed E-state index contributed by atoms with van der Waals surface area (Å²) in [6.45, 7) is 8.23. The second kappa shape index (κ2) is 6.13. The summed E-state index contributed by atoms with van der Waals surface area (Å²) < 4.78 is 0.